The number of rotatable bonds is 8. The maximum atomic E-state index is 15.1. The van der Waals surface area contributed by atoms with Crippen LogP contribution in [0.5, 0.6) is 5.75 Å². The summed E-state index contributed by atoms with van der Waals surface area (Å²) >= 11 is 0. The summed E-state index contributed by atoms with van der Waals surface area (Å²) in [6.45, 7) is 7.97. The number of carbonyl (C=O) groups is 1. The van der Waals surface area contributed by atoms with Gasteiger partial charge in [-0.25, -0.2) is 8.78 Å². The fraction of sp³-hybridized carbons (Fsp3) is 0.135. The summed E-state index contributed by atoms with van der Waals surface area (Å²) in [6.07, 6.45) is 9.03. The number of halogens is 2. The second-order valence-electron chi connectivity index (χ2n) is 11.3. The highest BCUT2D eigenvalue weighted by atomic mass is 19.2. The van der Waals surface area contributed by atoms with E-state index in [0.717, 1.165) is 27.8 Å². The Balaban J connectivity index is 1.47. The first-order valence-corrected chi connectivity index (χ1v) is 14.6. The number of allylic oxidation sites excluding steroid dienone is 2. The predicted molar refractivity (Wildman–Crippen MR) is 169 cm³/mol. The molecule has 2 aliphatic carbocycles. The molecule has 7 rings (SSSR count). The minimum absolute atomic E-state index is 0.0424. The van der Waals surface area contributed by atoms with Crippen LogP contribution in [0.1, 0.15) is 38.3 Å². The molecule has 4 aromatic rings. The van der Waals surface area contributed by atoms with Crippen molar-refractivity contribution >= 4 is 12.0 Å². The fourth-order valence-electron chi connectivity index (χ4n) is 6.80. The van der Waals surface area contributed by atoms with E-state index in [1.54, 1.807) is 34.0 Å². The van der Waals surface area contributed by atoms with Gasteiger partial charge in [0.15, 0.2) is 23.1 Å². The van der Waals surface area contributed by atoms with Crippen molar-refractivity contribution in [2.45, 2.75) is 18.6 Å². The molecule has 45 heavy (non-hydrogen) atoms. The minimum Gasteiger partial charge on any atom is -0.482 e. The highest BCUT2D eigenvalue weighted by Gasteiger charge is 2.55. The molecule has 2 heterocycles. The van der Waals surface area contributed by atoms with E-state index in [9.17, 15) is 14.0 Å². The van der Waals surface area contributed by atoms with E-state index in [1.807, 2.05) is 65.7 Å². The number of pyridine rings is 1. The van der Waals surface area contributed by atoms with Gasteiger partial charge in [-0.1, -0.05) is 92.1 Å². The van der Waals surface area contributed by atoms with Gasteiger partial charge in [-0.15, -0.1) is 0 Å². The average Bonchev–Trinajstić information content (AvgIpc) is 3.53. The molecule has 224 valence electrons. The van der Waals surface area contributed by atoms with Gasteiger partial charge >= 0.3 is 0 Å². The first-order valence-electron chi connectivity index (χ1n) is 14.6. The normalized spacial score (nSPS) is 18.1. The second kappa shape index (κ2) is 10.9. The van der Waals surface area contributed by atoms with Gasteiger partial charge in [-0.2, -0.15) is 0 Å². The van der Waals surface area contributed by atoms with Crippen molar-refractivity contribution in [1.82, 2.24) is 9.58 Å². The van der Waals surface area contributed by atoms with E-state index in [0.29, 0.717) is 17.5 Å². The van der Waals surface area contributed by atoms with Crippen molar-refractivity contribution < 1.29 is 18.3 Å². The average molecular weight is 602 g/mol. The summed E-state index contributed by atoms with van der Waals surface area (Å²) in [6, 6.07) is 21.1. The Morgan fingerprint density at radius 3 is 2.49 bits per heavy atom. The van der Waals surface area contributed by atoms with Crippen molar-refractivity contribution in [1.29, 1.82) is 0 Å². The van der Waals surface area contributed by atoms with E-state index < -0.39 is 28.5 Å². The van der Waals surface area contributed by atoms with Crippen LogP contribution in [0.15, 0.2) is 126 Å². The molecule has 3 aliphatic rings. The third kappa shape index (κ3) is 4.36. The van der Waals surface area contributed by atoms with Crippen LogP contribution < -0.4 is 15.2 Å². The van der Waals surface area contributed by atoms with E-state index >= 15 is 4.39 Å². The van der Waals surface area contributed by atoms with Crippen LogP contribution in [0.2, 0.25) is 0 Å². The van der Waals surface area contributed by atoms with E-state index in [4.69, 9.17) is 4.74 Å². The third-order valence-electron chi connectivity index (χ3n) is 8.74. The number of hydrogen-bond acceptors (Lipinski definition) is 4. The zero-order valence-electron chi connectivity index (χ0n) is 24.4. The van der Waals surface area contributed by atoms with Crippen LogP contribution in [-0.4, -0.2) is 28.7 Å². The number of fused-ring (bicyclic) bond motifs is 6. The van der Waals surface area contributed by atoms with E-state index in [-0.39, 0.29) is 31.3 Å². The first-order chi connectivity index (χ1) is 21.9. The molecule has 0 saturated heterocycles. The molecule has 1 unspecified atom stereocenters. The molecular formula is C37H29F2N3O3. The van der Waals surface area contributed by atoms with Crippen molar-refractivity contribution in [3.8, 4) is 5.75 Å². The number of aromatic nitrogens is 1. The van der Waals surface area contributed by atoms with Crippen LogP contribution in [-0.2, 0) is 18.6 Å². The number of nitrogens with zero attached hydrogens (tertiary/aromatic N) is 3. The first kappa shape index (κ1) is 28.3. The lowest BCUT2D eigenvalue weighted by Gasteiger charge is -2.49. The van der Waals surface area contributed by atoms with Crippen LogP contribution in [0, 0.1) is 11.6 Å². The molecule has 3 aromatic carbocycles. The van der Waals surface area contributed by atoms with Gasteiger partial charge < -0.3 is 9.64 Å². The lowest BCUT2D eigenvalue weighted by Crippen LogP contribution is -2.62. The summed E-state index contributed by atoms with van der Waals surface area (Å²) in [5.74, 6) is -2.41. The van der Waals surface area contributed by atoms with Crippen molar-refractivity contribution in [2.75, 3.05) is 18.2 Å². The van der Waals surface area contributed by atoms with Crippen LogP contribution >= 0.6 is 0 Å². The largest absolute Gasteiger partial charge is 0.482 e. The Hall–Kier alpha value is -5.50. The molecule has 0 bridgehead atoms. The molecule has 1 amide bonds. The second-order valence-corrected chi connectivity index (χ2v) is 11.3. The van der Waals surface area contributed by atoms with Crippen molar-refractivity contribution in [3.63, 3.8) is 0 Å². The molecule has 1 atom stereocenters. The summed E-state index contributed by atoms with van der Waals surface area (Å²) in [7, 11) is 0. The van der Waals surface area contributed by atoms with Crippen LogP contribution in [0.3, 0.4) is 0 Å². The summed E-state index contributed by atoms with van der Waals surface area (Å²) in [5, 5.41) is 1.95. The zero-order valence-corrected chi connectivity index (χ0v) is 24.4. The Labute approximate surface area is 259 Å². The fourth-order valence-corrected chi connectivity index (χ4v) is 6.80. The molecule has 1 aromatic heterocycles. The van der Waals surface area contributed by atoms with E-state index in [2.05, 4.69) is 13.2 Å². The van der Waals surface area contributed by atoms with Gasteiger partial charge in [-0.05, 0) is 57.5 Å². The highest BCUT2D eigenvalue weighted by molar-refractivity contribution is 5.97. The topological polar surface area (TPSA) is 54.8 Å². The van der Waals surface area contributed by atoms with Gasteiger partial charge in [-0.3, -0.25) is 19.3 Å². The summed E-state index contributed by atoms with van der Waals surface area (Å²) in [5.41, 5.74) is 3.99. The Morgan fingerprint density at radius 1 is 0.956 bits per heavy atom. The zero-order chi connectivity index (χ0) is 31.3. The minimum atomic E-state index is -1.10. The molecular weight excluding hydrogens is 572 g/mol. The van der Waals surface area contributed by atoms with Crippen LogP contribution in [0.25, 0.3) is 6.08 Å². The number of ether oxygens (including phenoxy) is 1. The number of amides is 1. The Bertz CT molecular complexity index is 2010. The van der Waals surface area contributed by atoms with Gasteiger partial charge in [0.1, 0.15) is 18.8 Å². The number of carbonyl (C=O) groups excluding carboxylic acids is 1. The number of hydrogen-bond donors (Lipinski definition) is 0. The highest BCUT2D eigenvalue weighted by Crippen LogP contribution is 2.55. The summed E-state index contributed by atoms with van der Waals surface area (Å²) in [4.78, 5) is 29.4. The van der Waals surface area contributed by atoms with Gasteiger partial charge in [0.25, 0.3) is 5.91 Å². The summed E-state index contributed by atoms with van der Waals surface area (Å²) < 4.78 is 37.5. The van der Waals surface area contributed by atoms with Gasteiger partial charge in [0, 0.05) is 18.8 Å². The number of benzene rings is 3. The maximum absolute atomic E-state index is 15.1. The Morgan fingerprint density at radius 2 is 1.71 bits per heavy atom. The molecule has 1 aliphatic heterocycles. The third-order valence-corrected chi connectivity index (χ3v) is 8.74. The molecule has 0 fully saturated rings. The quantitative estimate of drug-likeness (QED) is 0.224. The SMILES string of the molecule is C=C/C=C(\C=C)CN1CN(C23C(=Cc4cc(F)c(F)cc42)Cc2ccccc23)n2ccc(=O)c(OCc3ccccc3)c2C1=O. The van der Waals surface area contributed by atoms with Crippen molar-refractivity contribution in [2.24, 2.45) is 0 Å². The standard InChI is InChI=1S/C37H29F2N3O3/c1-3-10-24(4-2)21-40-23-42(41-16-15-33(43)35(34(41)36(40)44)45-22-25-11-6-5-7-12-25)37-28(17-26-13-8-9-14-29(26)37)18-27-19-31(38)32(39)20-30(27)37/h3-16,18-20H,1-2,17,21-23H2/b24-10+. The van der Waals surface area contributed by atoms with E-state index in [1.165, 1.54) is 18.2 Å². The molecule has 6 nitrogen and oxygen atoms in total. The Kier molecular flexibility index (Phi) is 6.85. The monoisotopic (exact) mass is 601 g/mol. The van der Waals surface area contributed by atoms with Gasteiger partial charge in [0.05, 0.1) is 0 Å². The lowest BCUT2D eigenvalue weighted by molar-refractivity contribution is 0.0683. The van der Waals surface area contributed by atoms with Gasteiger partial charge in [0.2, 0.25) is 5.43 Å². The van der Waals surface area contributed by atoms with Crippen LogP contribution in [0.4, 0.5) is 8.78 Å². The molecule has 0 saturated carbocycles. The molecule has 0 spiro atoms. The molecule has 0 radical (unpaired) electrons. The van der Waals surface area contributed by atoms with Crippen molar-refractivity contribution in [3.05, 3.63) is 177 Å². The maximum Gasteiger partial charge on any atom is 0.278 e. The molecule has 0 N–H and O–H groups in total. The molecule has 8 heteroatoms. The smallest absolute Gasteiger partial charge is 0.278 e. The predicted octanol–water partition coefficient (Wildman–Crippen LogP) is 6.25. The lowest BCUT2D eigenvalue weighted by atomic mass is 9.83.